The predicted molar refractivity (Wildman–Crippen MR) is 65.1 cm³/mol. The van der Waals surface area contributed by atoms with E-state index in [1.807, 2.05) is 0 Å². The van der Waals surface area contributed by atoms with E-state index >= 15 is 0 Å². The summed E-state index contributed by atoms with van der Waals surface area (Å²) in [5, 5.41) is 0. The first-order chi connectivity index (χ1) is 8.61. The molecule has 0 aromatic rings. The van der Waals surface area contributed by atoms with Crippen LogP contribution < -0.4 is 0 Å². The van der Waals surface area contributed by atoms with Gasteiger partial charge in [-0.15, -0.1) is 0 Å². The summed E-state index contributed by atoms with van der Waals surface area (Å²) in [4.78, 5) is 0. The molecule has 4 nitrogen and oxygen atoms in total. The highest BCUT2D eigenvalue weighted by molar-refractivity contribution is 7.86. The van der Waals surface area contributed by atoms with Gasteiger partial charge in [0.1, 0.15) is 19.3 Å². The van der Waals surface area contributed by atoms with Gasteiger partial charge in [0.2, 0.25) is 0 Å². The van der Waals surface area contributed by atoms with Gasteiger partial charge in [-0.3, -0.25) is 0 Å². The summed E-state index contributed by atoms with van der Waals surface area (Å²) in [6.07, 6.45) is 7.86. The third kappa shape index (κ3) is 7.51. The Balaban J connectivity index is 0.000000362. The molecule has 0 radical (unpaired) electrons. The molecule has 0 aromatic carbocycles. The number of halogens is 3. The van der Waals surface area contributed by atoms with Gasteiger partial charge in [-0.25, -0.2) is 13.0 Å². The summed E-state index contributed by atoms with van der Waals surface area (Å²) >= 11 is 0. The molecule has 1 unspecified atom stereocenters. The third-order valence-corrected chi connectivity index (χ3v) is 3.23. The molecule has 114 valence electrons. The summed E-state index contributed by atoms with van der Waals surface area (Å²) < 4.78 is 61.4. The highest BCUT2D eigenvalue weighted by atomic mass is 32.2. The monoisotopic (exact) mass is 303 g/mol. The van der Waals surface area contributed by atoms with Crippen molar-refractivity contribution in [3.63, 3.8) is 0 Å². The second-order valence-corrected chi connectivity index (χ2v) is 5.79. The van der Waals surface area contributed by atoms with E-state index < -0.39 is 15.6 Å². The van der Waals surface area contributed by atoms with E-state index in [9.17, 15) is 13.2 Å². The zero-order valence-electron chi connectivity index (χ0n) is 11.1. The normalized spacial score (nSPS) is 19.7. The number of rotatable bonds is 4. The van der Waals surface area contributed by atoms with Crippen molar-refractivity contribution in [2.45, 2.75) is 45.0 Å². The van der Waals surface area contributed by atoms with E-state index in [4.69, 9.17) is 13.0 Å². The molecule has 1 atom stereocenters. The van der Waals surface area contributed by atoms with Gasteiger partial charge < -0.3 is 4.55 Å². The van der Waals surface area contributed by atoms with Crippen LogP contribution in [0.2, 0.25) is 0 Å². The van der Waals surface area contributed by atoms with Crippen molar-refractivity contribution >= 4 is 16.3 Å². The molecule has 19 heavy (non-hydrogen) atoms. The SMILES string of the molecule is CCCC1C=[N+](CCC)CC1.O=S(=O)([O-])C(F)(F)F. The standard InChI is InChI=1S/C10H20N.CHF3O3S/c1-3-5-10-6-8-11(9-10)7-4-2;2-1(3,4)8(5,6)7/h9-10H,3-8H2,1-2H3;(H,5,6,7)/q+1;/p-1. The minimum Gasteiger partial charge on any atom is -0.741 e. The number of hydrogen-bond acceptors (Lipinski definition) is 3. The Morgan fingerprint density at radius 3 is 2.21 bits per heavy atom. The lowest BCUT2D eigenvalue weighted by molar-refractivity contribution is -0.515. The Hall–Kier alpha value is -0.630. The van der Waals surface area contributed by atoms with E-state index in [1.54, 1.807) is 0 Å². The Kier molecular flexibility index (Phi) is 7.58. The quantitative estimate of drug-likeness (QED) is 0.455. The van der Waals surface area contributed by atoms with Crippen LogP contribution in [-0.4, -0.2) is 42.4 Å². The van der Waals surface area contributed by atoms with Gasteiger partial charge in [-0.05, 0) is 6.42 Å². The minimum atomic E-state index is -6.09. The average molecular weight is 303 g/mol. The van der Waals surface area contributed by atoms with Gasteiger partial charge in [0, 0.05) is 18.8 Å². The molecule has 0 aliphatic carbocycles. The topological polar surface area (TPSA) is 60.2 Å². The van der Waals surface area contributed by atoms with Gasteiger partial charge in [0.05, 0.1) is 0 Å². The highest BCUT2D eigenvalue weighted by Gasteiger charge is 2.36. The summed E-state index contributed by atoms with van der Waals surface area (Å²) in [5.74, 6) is 0.895. The maximum absolute atomic E-state index is 10.7. The van der Waals surface area contributed by atoms with E-state index in [-0.39, 0.29) is 0 Å². The maximum Gasteiger partial charge on any atom is 0.485 e. The number of hydrogen-bond donors (Lipinski definition) is 0. The van der Waals surface area contributed by atoms with Crippen LogP contribution in [0.25, 0.3) is 0 Å². The highest BCUT2D eigenvalue weighted by Crippen LogP contribution is 2.20. The van der Waals surface area contributed by atoms with Crippen LogP contribution in [0.1, 0.15) is 39.5 Å². The van der Waals surface area contributed by atoms with Crippen LogP contribution in [0, 0.1) is 5.92 Å². The van der Waals surface area contributed by atoms with Crippen LogP contribution in [0.4, 0.5) is 13.2 Å². The first kappa shape index (κ1) is 18.4. The molecule has 0 N–H and O–H groups in total. The Bertz CT molecular complexity index is 390. The fraction of sp³-hybridized carbons (Fsp3) is 0.909. The van der Waals surface area contributed by atoms with Crippen molar-refractivity contribution in [2.24, 2.45) is 5.92 Å². The van der Waals surface area contributed by atoms with Gasteiger partial charge >= 0.3 is 5.51 Å². The molecule has 8 heteroatoms. The zero-order chi connectivity index (χ0) is 15.1. The molecule has 0 fully saturated rings. The predicted octanol–water partition coefficient (Wildman–Crippen LogP) is 2.35. The van der Waals surface area contributed by atoms with Crippen LogP contribution >= 0.6 is 0 Å². The molecule has 0 saturated carbocycles. The van der Waals surface area contributed by atoms with Crippen molar-refractivity contribution in [1.29, 1.82) is 0 Å². The van der Waals surface area contributed by atoms with Crippen LogP contribution in [0.5, 0.6) is 0 Å². The molecule has 0 saturated heterocycles. The lowest BCUT2D eigenvalue weighted by Crippen LogP contribution is -2.21. The Labute approximate surface area is 112 Å². The smallest absolute Gasteiger partial charge is 0.485 e. The van der Waals surface area contributed by atoms with Crippen LogP contribution in [0.3, 0.4) is 0 Å². The largest absolute Gasteiger partial charge is 0.741 e. The lowest BCUT2D eigenvalue weighted by atomic mass is 10.0. The molecule has 1 rings (SSSR count). The van der Waals surface area contributed by atoms with Gasteiger partial charge in [-0.2, -0.15) is 13.2 Å². The molecule has 0 amide bonds. The summed E-state index contributed by atoms with van der Waals surface area (Å²) in [6.45, 7) is 7.09. The molecule has 1 aliphatic rings. The Morgan fingerprint density at radius 1 is 1.32 bits per heavy atom. The molecular formula is C11H20F3NO3S. The van der Waals surface area contributed by atoms with Gasteiger partial charge in [0.25, 0.3) is 0 Å². The Morgan fingerprint density at radius 2 is 1.84 bits per heavy atom. The van der Waals surface area contributed by atoms with E-state index in [2.05, 4.69) is 24.6 Å². The van der Waals surface area contributed by atoms with Gasteiger partial charge in [0.15, 0.2) is 10.1 Å². The summed E-state index contributed by atoms with van der Waals surface area (Å²) in [5.41, 5.74) is -5.65. The molecule has 1 aliphatic heterocycles. The average Bonchev–Trinajstić information content (AvgIpc) is 2.65. The molecule has 1 heterocycles. The summed E-state index contributed by atoms with van der Waals surface area (Å²) in [7, 11) is -6.09. The molecule has 0 bridgehead atoms. The van der Waals surface area contributed by atoms with Crippen molar-refractivity contribution < 1.29 is 30.7 Å². The van der Waals surface area contributed by atoms with Crippen molar-refractivity contribution in [3.05, 3.63) is 0 Å². The van der Waals surface area contributed by atoms with Crippen LogP contribution in [-0.2, 0) is 10.1 Å². The number of nitrogens with zero attached hydrogens (tertiary/aromatic N) is 1. The number of alkyl halides is 3. The molecule has 0 spiro atoms. The van der Waals surface area contributed by atoms with Crippen molar-refractivity contribution in [2.75, 3.05) is 13.1 Å². The van der Waals surface area contributed by atoms with Crippen LogP contribution in [0.15, 0.2) is 0 Å². The zero-order valence-corrected chi connectivity index (χ0v) is 11.9. The lowest BCUT2D eigenvalue weighted by Gasteiger charge is -2.08. The third-order valence-electron chi connectivity index (χ3n) is 2.66. The second kappa shape index (κ2) is 7.84. The van der Waals surface area contributed by atoms with E-state index in [0.717, 1.165) is 5.92 Å². The van der Waals surface area contributed by atoms with Crippen molar-refractivity contribution in [1.82, 2.24) is 0 Å². The van der Waals surface area contributed by atoms with E-state index in [0.29, 0.717) is 0 Å². The van der Waals surface area contributed by atoms with Gasteiger partial charge in [-0.1, -0.05) is 20.3 Å². The second-order valence-electron chi connectivity index (χ2n) is 4.42. The fourth-order valence-electron chi connectivity index (χ4n) is 1.84. The first-order valence-corrected chi connectivity index (χ1v) is 7.63. The van der Waals surface area contributed by atoms with E-state index in [1.165, 1.54) is 38.8 Å². The molecule has 0 aromatic heterocycles. The maximum atomic E-state index is 10.7. The fourth-order valence-corrected chi connectivity index (χ4v) is 1.84. The summed E-state index contributed by atoms with van der Waals surface area (Å²) in [6, 6.07) is 0. The minimum absolute atomic E-state index is 0.895. The van der Waals surface area contributed by atoms with Crippen molar-refractivity contribution in [3.8, 4) is 0 Å². The molecular weight excluding hydrogens is 283 g/mol. The first-order valence-electron chi connectivity index (χ1n) is 6.23.